The van der Waals surface area contributed by atoms with Crippen molar-refractivity contribution in [1.29, 1.82) is 0 Å². The molecular formula is C23H34N4O4S. The molecule has 1 aromatic carbocycles. The molecule has 2 saturated heterocycles. The number of sulfonamides is 1. The molecule has 9 heteroatoms. The number of benzene rings is 1. The van der Waals surface area contributed by atoms with Crippen LogP contribution in [0.3, 0.4) is 0 Å². The Morgan fingerprint density at radius 2 is 1.84 bits per heavy atom. The predicted octanol–water partition coefficient (Wildman–Crippen LogP) is 1.07. The summed E-state index contributed by atoms with van der Waals surface area (Å²) in [6, 6.07) is 6.47. The zero-order valence-corrected chi connectivity index (χ0v) is 19.4. The lowest BCUT2D eigenvalue weighted by atomic mass is 9.83. The van der Waals surface area contributed by atoms with Crippen LogP contribution in [0.2, 0.25) is 0 Å². The van der Waals surface area contributed by atoms with Crippen LogP contribution >= 0.6 is 0 Å². The molecule has 1 aliphatic carbocycles. The lowest BCUT2D eigenvalue weighted by Gasteiger charge is -2.30. The fourth-order valence-electron chi connectivity index (χ4n) is 5.33. The van der Waals surface area contributed by atoms with Crippen molar-refractivity contribution < 1.29 is 18.0 Å². The molecule has 5 unspecified atom stereocenters. The minimum absolute atomic E-state index is 0.00895. The van der Waals surface area contributed by atoms with E-state index in [0.717, 1.165) is 50.8 Å². The number of carbonyl (C=O) groups excluding carboxylic acids is 2. The van der Waals surface area contributed by atoms with E-state index in [9.17, 15) is 18.0 Å². The maximum absolute atomic E-state index is 12.8. The summed E-state index contributed by atoms with van der Waals surface area (Å²) < 4.78 is 28.4. The first kappa shape index (κ1) is 23.4. The largest absolute Gasteiger partial charge is 0.351 e. The number of ketones is 1. The number of hydrogen-bond acceptors (Lipinski definition) is 6. The molecule has 32 heavy (non-hydrogen) atoms. The van der Waals surface area contributed by atoms with E-state index in [2.05, 4.69) is 20.7 Å². The van der Waals surface area contributed by atoms with Crippen LogP contribution in [0.25, 0.3) is 0 Å². The van der Waals surface area contributed by atoms with Crippen LogP contribution in [0.4, 0.5) is 0 Å². The summed E-state index contributed by atoms with van der Waals surface area (Å²) in [5, 5.41) is 9.79. The van der Waals surface area contributed by atoms with E-state index >= 15 is 0 Å². The zero-order valence-electron chi connectivity index (χ0n) is 18.6. The van der Waals surface area contributed by atoms with Gasteiger partial charge in [0.05, 0.1) is 10.9 Å². The Balaban J connectivity index is 1.31. The Bertz CT molecular complexity index is 920. The monoisotopic (exact) mass is 462 g/mol. The highest BCUT2D eigenvalue weighted by Crippen LogP contribution is 2.27. The molecule has 2 aliphatic heterocycles. The van der Waals surface area contributed by atoms with Gasteiger partial charge >= 0.3 is 0 Å². The number of amides is 1. The average molecular weight is 463 g/mol. The second-order valence-corrected chi connectivity index (χ2v) is 11.1. The van der Waals surface area contributed by atoms with E-state index in [1.165, 1.54) is 6.92 Å². The summed E-state index contributed by atoms with van der Waals surface area (Å²) in [4.78, 5) is 24.6. The average Bonchev–Trinajstić information content (AvgIpc) is 3.22. The first-order valence-corrected chi connectivity index (χ1v) is 13.2. The van der Waals surface area contributed by atoms with Gasteiger partial charge < -0.3 is 16.0 Å². The molecule has 1 aromatic rings. The minimum atomic E-state index is -3.71. The Labute approximate surface area is 190 Å². The first-order chi connectivity index (χ1) is 15.3. The van der Waals surface area contributed by atoms with Gasteiger partial charge in [0, 0.05) is 24.5 Å². The van der Waals surface area contributed by atoms with E-state index in [0.29, 0.717) is 24.9 Å². The van der Waals surface area contributed by atoms with Crippen molar-refractivity contribution >= 4 is 21.7 Å². The van der Waals surface area contributed by atoms with Gasteiger partial charge in [0.15, 0.2) is 0 Å². The molecule has 4 rings (SSSR count). The lowest BCUT2D eigenvalue weighted by Crippen LogP contribution is -2.45. The molecule has 1 amide bonds. The number of Topliss-reactive ketones (excluding diaryl/α,β-unsaturated/α-hetero) is 1. The first-order valence-electron chi connectivity index (χ1n) is 11.7. The number of fused-ring (bicyclic) bond motifs is 1. The summed E-state index contributed by atoms with van der Waals surface area (Å²) >= 11 is 0. The molecule has 0 aromatic heterocycles. The topological polar surface area (TPSA) is 116 Å². The predicted molar refractivity (Wildman–Crippen MR) is 121 cm³/mol. The standard InChI is InChI=1S/C23H34N4O4S/c1-15(28)19-4-2-3-5-21(19)27-32(30,31)18-8-6-16(7-9-18)13-25-23(29)22-12-17-14-24-11-10-20(17)26-22/h6-9,17,19-22,24,26-27H,2-5,10-14H2,1H3,(H,25,29). The second kappa shape index (κ2) is 9.99. The molecule has 1 saturated carbocycles. The molecule has 3 aliphatic rings. The fourth-order valence-corrected chi connectivity index (χ4v) is 6.64. The van der Waals surface area contributed by atoms with Gasteiger partial charge in [-0.1, -0.05) is 25.0 Å². The van der Waals surface area contributed by atoms with Crippen LogP contribution < -0.4 is 20.7 Å². The van der Waals surface area contributed by atoms with Crippen LogP contribution in [0.5, 0.6) is 0 Å². The van der Waals surface area contributed by atoms with Crippen LogP contribution in [-0.4, -0.2) is 51.3 Å². The minimum Gasteiger partial charge on any atom is -0.351 e. The van der Waals surface area contributed by atoms with Crippen molar-refractivity contribution in [3.8, 4) is 0 Å². The summed E-state index contributed by atoms with van der Waals surface area (Å²) in [6.07, 6.45) is 5.18. The molecule has 176 valence electrons. The van der Waals surface area contributed by atoms with E-state index in [1.54, 1.807) is 24.3 Å². The van der Waals surface area contributed by atoms with Crippen molar-refractivity contribution in [2.75, 3.05) is 13.1 Å². The Morgan fingerprint density at radius 1 is 1.09 bits per heavy atom. The summed E-state index contributed by atoms with van der Waals surface area (Å²) in [7, 11) is -3.71. The maximum atomic E-state index is 12.8. The smallest absolute Gasteiger partial charge is 0.240 e. The fraction of sp³-hybridized carbons (Fsp3) is 0.652. The molecule has 4 N–H and O–H groups in total. The maximum Gasteiger partial charge on any atom is 0.240 e. The van der Waals surface area contributed by atoms with Crippen molar-refractivity contribution in [2.24, 2.45) is 11.8 Å². The molecule has 2 heterocycles. The van der Waals surface area contributed by atoms with Gasteiger partial charge in [-0.25, -0.2) is 13.1 Å². The third-order valence-corrected chi connectivity index (χ3v) is 8.68. The van der Waals surface area contributed by atoms with Crippen LogP contribution in [0, 0.1) is 11.8 Å². The van der Waals surface area contributed by atoms with E-state index < -0.39 is 10.0 Å². The third-order valence-electron chi connectivity index (χ3n) is 7.17. The highest BCUT2D eigenvalue weighted by atomic mass is 32.2. The van der Waals surface area contributed by atoms with Crippen molar-refractivity contribution in [3.63, 3.8) is 0 Å². The highest BCUT2D eigenvalue weighted by molar-refractivity contribution is 7.89. The molecule has 8 nitrogen and oxygen atoms in total. The Kier molecular flexibility index (Phi) is 7.29. The molecule has 0 bridgehead atoms. The van der Waals surface area contributed by atoms with Crippen molar-refractivity contribution in [1.82, 2.24) is 20.7 Å². The van der Waals surface area contributed by atoms with Gasteiger partial charge in [0.1, 0.15) is 5.78 Å². The van der Waals surface area contributed by atoms with E-state index in [1.807, 2.05) is 0 Å². The van der Waals surface area contributed by atoms with Gasteiger partial charge in [0.25, 0.3) is 0 Å². The van der Waals surface area contributed by atoms with Crippen LogP contribution in [0.15, 0.2) is 29.2 Å². The highest BCUT2D eigenvalue weighted by Gasteiger charge is 2.38. The quantitative estimate of drug-likeness (QED) is 0.482. The Morgan fingerprint density at radius 3 is 2.56 bits per heavy atom. The number of hydrogen-bond donors (Lipinski definition) is 4. The molecule has 3 fully saturated rings. The van der Waals surface area contributed by atoms with Gasteiger partial charge in [-0.2, -0.15) is 0 Å². The summed E-state index contributed by atoms with van der Waals surface area (Å²) in [6.45, 7) is 3.84. The van der Waals surface area contributed by atoms with Crippen molar-refractivity contribution in [2.45, 2.75) is 75.0 Å². The second-order valence-electron chi connectivity index (χ2n) is 9.41. The van der Waals surface area contributed by atoms with Gasteiger partial charge in [-0.05, 0) is 69.3 Å². The third kappa shape index (κ3) is 5.39. The molecule has 0 spiro atoms. The Hall–Kier alpha value is -1.81. The number of rotatable bonds is 7. The number of nitrogens with one attached hydrogen (secondary N) is 4. The normalized spacial score (nSPS) is 30.5. The molecular weight excluding hydrogens is 428 g/mol. The SMILES string of the molecule is CC(=O)C1CCCCC1NS(=O)(=O)c1ccc(CNC(=O)C2CC3CNCCC3N2)cc1. The van der Waals surface area contributed by atoms with E-state index in [-0.39, 0.29) is 34.6 Å². The summed E-state index contributed by atoms with van der Waals surface area (Å²) in [5.74, 6) is 0.279. The van der Waals surface area contributed by atoms with Crippen LogP contribution in [-0.2, 0) is 26.2 Å². The van der Waals surface area contributed by atoms with Crippen LogP contribution in [0.1, 0.15) is 51.0 Å². The van der Waals surface area contributed by atoms with E-state index in [4.69, 9.17) is 0 Å². The van der Waals surface area contributed by atoms with Crippen molar-refractivity contribution in [3.05, 3.63) is 29.8 Å². The van der Waals surface area contributed by atoms with Gasteiger partial charge in [0.2, 0.25) is 15.9 Å². The zero-order chi connectivity index (χ0) is 22.7. The number of carbonyl (C=O) groups is 2. The van der Waals surface area contributed by atoms with Gasteiger partial charge in [-0.3, -0.25) is 9.59 Å². The summed E-state index contributed by atoms with van der Waals surface area (Å²) in [5.41, 5.74) is 0.841. The lowest BCUT2D eigenvalue weighted by molar-refractivity contribution is -0.123. The number of piperidine rings is 1. The molecule has 5 atom stereocenters. The van der Waals surface area contributed by atoms with Gasteiger partial charge in [-0.15, -0.1) is 0 Å². The molecule has 0 radical (unpaired) electrons.